The van der Waals surface area contributed by atoms with Gasteiger partial charge in [-0.05, 0) is 25.5 Å². The van der Waals surface area contributed by atoms with Crippen molar-refractivity contribution < 1.29 is 13.2 Å². The third-order valence-electron chi connectivity index (χ3n) is 5.56. The molecule has 2 aliphatic rings. The molecule has 1 atom stereocenters. The van der Waals surface area contributed by atoms with Crippen molar-refractivity contribution in [2.24, 2.45) is 0 Å². The number of nitrogens with one attached hydrogen (secondary N) is 1. The first-order valence-electron chi connectivity index (χ1n) is 10.1. The Balaban J connectivity index is 1.59. The minimum absolute atomic E-state index is 0.110. The average molecular weight is 429 g/mol. The summed E-state index contributed by atoms with van der Waals surface area (Å²) in [6, 6.07) is 7.91. The topological polar surface area (TPSA) is 102 Å². The molecule has 1 aromatic carbocycles. The van der Waals surface area contributed by atoms with Gasteiger partial charge in [0.25, 0.3) is 0 Å². The monoisotopic (exact) mass is 428 g/mol. The predicted molar refractivity (Wildman–Crippen MR) is 115 cm³/mol. The van der Waals surface area contributed by atoms with E-state index in [2.05, 4.69) is 15.3 Å². The van der Waals surface area contributed by atoms with Crippen molar-refractivity contribution in [3.8, 4) is 5.69 Å². The van der Waals surface area contributed by atoms with E-state index in [-0.39, 0.29) is 17.5 Å². The second-order valence-corrected chi connectivity index (χ2v) is 10.1. The highest BCUT2D eigenvalue weighted by Crippen LogP contribution is 2.28. The molecule has 3 aromatic rings. The van der Waals surface area contributed by atoms with E-state index in [4.69, 9.17) is 14.7 Å². The van der Waals surface area contributed by atoms with Gasteiger partial charge < -0.3 is 15.0 Å². The van der Waals surface area contributed by atoms with Gasteiger partial charge in [0, 0.05) is 19.1 Å². The fourth-order valence-corrected chi connectivity index (χ4v) is 5.61. The summed E-state index contributed by atoms with van der Waals surface area (Å²) in [6.45, 7) is 4.79. The van der Waals surface area contributed by atoms with Crippen LogP contribution in [0.1, 0.15) is 12.0 Å². The van der Waals surface area contributed by atoms with Crippen molar-refractivity contribution in [3.63, 3.8) is 0 Å². The van der Waals surface area contributed by atoms with Crippen molar-refractivity contribution in [1.29, 1.82) is 0 Å². The Morgan fingerprint density at radius 1 is 1.13 bits per heavy atom. The smallest absolute Gasteiger partial charge is 0.226 e. The molecule has 2 fully saturated rings. The number of rotatable bonds is 4. The van der Waals surface area contributed by atoms with Crippen LogP contribution in [0.5, 0.6) is 0 Å². The third kappa shape index (κ3) is 3.72. The van der Waals surface area contributed by atoms with Gasteiger partial charge in [0.15, 0.2) is 15.5 Å². The molecule has 0 aliphatic carbocycles. The SMILES string of the molecule is Cc1ccc(-n2ncc3c(N4CCOCC4)nc(N[C@H]4CCS(=O)(=O)C4)nc32)cc1. The molecule has 2 aromatic heterocycles. The van der Waals surface area contributed by atoms with E-state index in [1.807, 2.05) is 31.2 Å². The predicted octanol–water partition coefficient (Wildman–Crippen LogP) is 1.56. The molecule has 2 aliphatic heterocycles. The van der Waals surface area contributed by atoms with E-state index in [1.165, 1.54) is 5.56 Å². The van der Waals surface area contributed by atoms with Gasteiger partial charge in [0.1, 0.15) is 5.82 Å². The first kappa shape index (κ1) is 19.3. The number of fused-ring (bicyclic) bond motifs is 1. The highest BCUT2D eigenvalue weighted by atomic mass is 32.2. The fraction of sp³-hybridized carbons (Fsp3) is 0.450. The summed E-state index contributed by atoms with van der Waals surface area (Å²) in [5.74, 6) is 1.54. The van der Waals surface area contributed by atoms with Crippen LogP contribution < -0.4 is 10.2 Å². The van der Waals surface area contributed by atoms with Crippen LogP contribution in [0.2, 0.25) is 0 Å². The first-order chi connectivity index (χ1) is 14.5. The maximum Gasteiger partial charge on any atom is 0.226 e. The lowest BCUT2D eigenvalue weighted by molar-refractivity contribution is 0.122. The summed E-state index contributed by atoms with van der Waals surface area (Å²) < 4.78 is 31.0. The molecule has 4 heterocycles. The van der Waals surface area contributed by atoms with Crippen LogP contribution in [-0.4, -0.2) is 72.0 Å². The Hall–Kier alpha value is -2.72. The molecular formula is C20H24N6O3S. The van der Waals surface area contributed by atoms with E-state index >= 15 is 0 Å². The molecule has 0 unspecified atom stereocenters. The van der Waals surface area contributed by atoms with Gasteiger partial charge in [-0.1, -0.05) is 17.7 Å². The van der Waals surface area contributed by atoms with E-state index in [0.717, 1.165) is 30.0 Å². The van der Waals surface area contributed by atoms with Crippen LogP contribution in [0.15, 0.2) is 30.5 Å². The number of aromatic nitrogens is 4. The first-order valence-corrected chi connectivity index (χ1v) is 11.9. The maximum atomic E-state index is 11.9. The minimum atomic E-state index is -3.00. The van der Waals surface area contributed by atoms with Crippen LogP contribution in [0, 0.1) is 6.92 Å². The highest BCUT2D eigenvalue weighted by Gasteiger charge is 2.29. The minimum Gasteiger partial charge on any atom is -0.378 e. The molecule has 1 N–H and O–H groups in total. The molecule has 9 nitrogen and oxygen atoms in total. The van der Waals surface area contributed by atoms with Crippen LogP contribution in [0.4, 0.5) is 11.8 Å². The molecule has 0 saturated carbocycles. The van der Waals surface area contributed by atoms with E-state index < -0.39 is 9.84 Å². The molecule has 2 saturated heterocycles. The zero-order chi connectivity index (χ0) is 20.7. The number of sulfone groups is 1. The summed E-state index contributed by atoms with van der Waals surface area (Å²) >= 11 is 0. The lowest BCUT2D eigenvalue weighted by Gasteiger charge is -2.28. The van der Waals surface area contributed by atoms with Crippen LogP contribution in [0.3, 0.4) is 0 Å². The van der Waals surface area contributed by atoms with Gasteiger partial charge >= 0.3 is 0 Å². The molecule has 5 rings (SSSR count). The quantitative estimate of drug-likeness (QED) is 0.668. The number of hydrogen-bond donors (Lipinski definition) is 1. The van der Waals surface area contributed by atoms with E-state index in [0.29, 0.717) is 31.2 Å². The summed E-state index contributed by atoms with van der Waals surface area (Å²) in [5.41, 5.74) is 2.78. The molecule has 158 valence electrons. The van der Waals surface area contributed by atoms with Gasteiger partial charge in [-0.25, -0.2) is 13.1 Å². The standard InChI is InChI=1S/C20H24N6O3S/c1-14-2-4-16(5-3-14)26-19-17(12-21-26)18(25-7-9-29-10-8-25)23-20(24-19)22-15-6-11-30(27,28)13-15/h2-5,12,15H,6-11,13H2,1H3,(H,22,23,24)/t15-/m0/s1. The maximum absolute atomic E-state index is 11.9. The number of benzene rings is 1. The van der Waals surface area contributed by atoms with Gasteiger partial charge in [-0.2, -0.15) is 15.1 Å². The third-order valence-corrected chi connectivity index (χ3v) is 7.33. The molecule has 30 heavy (non-hydrogen) atoms. The second kappa shape index (κ2) is 7.51. The number of morpholine rings is 1. The average Bonchev–Trinajstić information content (AvgIpc) is 3.31. The Kier molecular flexibility index (Phi) is 4.82. The lowest BCUT2D eigenvalue weighted by Crippen LogP contribution is -2.37. The zero-order valence-corrected chi connectivity index (χ0v) is 17.6. The molecule has 10 heteroatoms. The lowest BCUT2D eigenvalue weighted by atomic mass is 10.2. The van der Waals surface area contributed by atoms with Crippen molar-refractivity contribution in [2.75, 3.05) is 48.0 Å². The van der Waals surface area contributed by atoms with Crippen molar-refractivity contribution >= 4 is 32.6 Å². The number of hydrogen-bond acceptors (Lipinski definition) is 8. The second-order valence-electron chi connectivity index (χ2n) is 7.84. The van der Waals surface area contributed by atoms with E-state index in [1.54, 1.807) is 10.9 Å². The molecular weight excluding hydrogens is 404 g/mol. The summed E-state index contributed by atoms with van der Waals surface area (Å²) in [6.07, 6.45) is 2.36. The highest BCUT2D eigenvalue weighted by molar-refractivity contribution is 7.91. The number of anilines is 2. The Morgan fingerprint density at radius 3 is 2.60 bits per heavy atom. The summed E-state index contributed by atoms with van der Waals surface area (Å²) in [5, 5.41) is 8.69. The summed E-state index contributed by atoms with van der Waals surface area (Å²) in [4.78, 5) is 11.7. The van der Waals surface area contributed by atoms with Gasteiger partial charge in [-0.3, -0.25) is 0 Å². The van der Waals surface area contributed by atoms with Crippen LogP contribution in [-0.2, 0) is 14.6 Å². The normalized spacial score (nSPS) is 21.2. The number of ether oxygens (including phenoxy) is 1. The zero-order valence-electron chi connectivity index (χ0n) is 16.8. The summed E-state index contributed by atoms with van der Waals surface area (Å²) in [7, 11) is -3.00. The Bertz CT molecular complexity index is 1170. The van der Waals surface area contributed by atoms with E-state index in [9.17, 15) is 8.42 Å². The Labute approximate surface area is 175 Å². The van der Waals surface area contributed by atoms with Crippen LogP contribution in [0.25, 0.3) is 16.7 Å². The molecule has 0 amide bonds. The van der Waals surface area contributed by atoms with Gasteiger partial charge in [0.05, 0.1) is 42.0 Å². The van der Waals surface area contributed by atoms with Gasteiger partial charge in [-0.15, -0.1) is 0 Å². The van der Waals surface area contributed by atoms with Gasteiger partial charge in [0.2, 0.25) is 5.95 Å². The van der Waals surface area contributed by atoms with Crippen LogP contribution >= 0.6 is 0 Å². The number of nitrogens with zero attached hydrogens (tertiary/aromatic N) is 5. The van der Waals surface area contributed by atoms with Crippen molar-refractivity contribution in [3.05, 3.63) is 36.0 Å². The van der Waals surface area contributed by atoms with Crippen molar-refractivity contribution in [2.45, 2.75) is 19.4 Å². The van der Waals surface area contributed by atoms with Crippen molar-refractivity contribution in [1.82, 2.24) is 19.7 Å². The molecule has 0 radical (unpaired) electrons. The molecule has 0 bridgehead atoms. The largest absolute Gasteiger partial charge is 0.378 e. The fourth-order valence-electron chi connectivity index (χ4n) is 3.94. The Morgan fingerprint density at radius 2 is 1.90 bits per heavy atom. The molecule has 0 spiro atoms. The number of aryl methyl sites for hydroxylation is 1.